The van der Waals surface area contributed by atoms with Crippen LogP contribution >= 0.6 is 0 Å². The molecule has 2 amide bonds. The van der Waals surface area contributed by atoms with Crippen LogP contribution in [0.5, 0.6) is 0 Å². The highest BCUT2D eigenvalue weighted by Crippen LogP contribution is 2.04. The molecular formula is C13H19N3O2. The Kier molecular flexibility index (Phi) is 5.32. The maximum Gasteiger partial charge on any atom is 0.251 e. The molecule has 18 heavy (non-hydrogen) atoms. The highest BCUT2D eigenvalue weighted by atomic mass is 16.2. The number of hydrogen-bond acceptors (Lipinski definition) is 3. The average molecular weight is 249 g/mol. The molecule has 1 rings (SSSR count). The van der Waals surface area contributed by atoms with Gasteiger partial charge in [0.05, 0.1) is 6.04 Å². The van der Waals surface area contributed by atoms with Crippen LogP contribution in [0, 0.1) is 0 Å². The lowest BCUT2D eigenvalue weighted by Gasteiger charge is -2.10. The van der Waals surface area contributed by atoms with E-state index < -0.39 is 6.04 Å². The van der Waals surface area contributed by atoms with Crippen molar-refractivity contribution >= 4 is 11.8 Å². The lowest BCUT2D eigenvalue weighted by Crippen LogP contribution is -2.39. The second-order valence-electron chi connectivity index (χ2n) is 4.01. The molecule has 1 aromatic carbocycles. The monoisotopic (exact) mass is 249 g/mol. The van der Waals surface area contributed by atoms with Crippen LogP contribution in [0.2, 0.25) is 0 Å². The molecule has 5 heteroatoms. The van der Waals surface area contributed by atoms with Gasteiger partial charge in [-0.15, -0.1) is 0 Å². The van der Waals surface area contributed by atoms with E-state index in [9.17, 15) is 9.59 Å². The molecule has 0 aliphatic carbocycles. The smallest absolute Gasteiger partial charge is 0.251 e. The molecule has 0 aliphatic heterocycles. The maximum absolute atomic E-state index is 11.5. The van der Waals surface area contributed by atoms with Crippen LogP contribution in [0.3, 0.4) is 0 Å². The second kappa shape index (κ2) is 6.76. The van der Waals surface area contributed by atoms with Gasteiger partial charge in [-0.2, -0.15) is 0 Å². The Labute approximate surface area is 107 Å². The van der Waals surface area contributed by atoms with Crippen molar-refractivity contribution in [3.05, 3.63) is 35.4 Å². The number of amides is 2. The fourth-order valence-electron chi connectivity index (χ4n) is 1.42. The average Bonchev–Trinajstić information content (AvgIpc) is 2.43. The predicted octanol–water partition coefficient (Wildman–Crippen LogP) is 0.400. The van der Waals surface area contributed by atoms with Crippen LogP contribution in [-0.4, -0.2) is 24.9 Å². The topological polar surface area (TPSA) is 84.2 Å². The molecular weight excluding hydrogens is 230 g/mol. The fourth-order valence-corrected chi connectivity index (χ4v) is 1.42. The van der Waals surface area contributed by atoms with Gasteiger partial charge in [0.2, 0.25) is 5.91 Å². The Morgan fingerprint density at radius 1 is 1.28 bits per heavy atom. The van der Waals surface area contributed by atoms with Gasteiger partial charge in [0, 0.05) is 19.2 Å². The lowest BCUT2D eigenvalue weighted by molar-refractivity contribution is -0.122. The molecule has 0 bridgehead atoms. The molecule has 98 valence electrons. The van der Waals surface area contributed by atoms with Gasteiger partial charge in [-0.1, -0.05) is 19.1 Å². The van der Waals surface area contributed by atoms with Gasteiger partial charge < -0.3 is 16.4 Å². The van der Waals surface area contributed by atoms with Crippen LogP contribution in [0.1, 0.15) is 29.3 Å². The highest BCUT2D eigenvalue weighted by molar-refractivity contribution is 5.93. The van der Waals surface area contributed by atoms with Crippen molar-refractivity contribution in [2.24, 2.45) is 5.73 Å². The van der Waals surface area contributed by atoms with Gasteiger partial charge in [0.1, 0.15) is 0 Å². The van der Waals surface area contributed by atoms with E-state index in [1.165, 1.54) is 0 Å². The summed E-state index contributed by atoms with van der Waals surface area (Å²) < 4.78 is 0. The standard InChI is InChI=1S/C13H19N3O2/c1-3-11(14)13(18)16-8-9-4-6-10(7-5-9)12(17)15-2/h4-7,11H,3,8,14H2,1-2H3,(H,15,17)(H,16,18). The quantitative estimate of drug-likeness (QED) is 0.706. The maximum atomic E-state index is 11.5. The Bertz CT molecular complexity index is 415. The molecule has 0 saturated heterocycles. The van der Waals surface area contributed by atoms with Gasteiger partial charge in [-0.3, -0.25) is 9.59 Å². The summed E-state index contributed by atoms with van der Waals surface area (Å²) in [7, 11) is 1.59. The van der Waals surface area contributed by atoms with Gasteiger partial charge >= 0.3 is 0 Å². The van der Waals surface area contributed by atoms with E-state index >= 15 is 0 Å². The van der Waals surface area contributed by atoms with Gasteiger partial charge in [-0.05, 0) is 24.1 Å². The van der Waals surface area contributed by atoms with Crippen molar-refractivity contribution in [3.63, 3.8) is 0 Å². The summed E-state index contributed by atoms with van der Waals surface area (Å²) in [5, 5.41) is 5.30. The van der Waals surface area contributed by atoms with E-state index in [4.69, 9.17) is 5.73 Å². The Morgan fingerprint density at radius 2 is 1.89 bits per heavy atom. The molecule has 0 radical (unpaired) electrons. The van der Waals surface area contributed by atoms with Crippen molar-refractivity contribution in [1.29, 1.82) is 0 Å². The predicted molar refractivity (Wildman–Crippen MR) is 69.9 cm³/mol. The molecule has 0 fully saturated rings. The van der Waals surface area contributed by atoms with E-state index in [-0.39, 0.29) is 11.8 Å². The first-order valence-corrected chi connectivity index (χ1v) is 5.92. The van der Waals surface area contributed by atoms with Gasteiger partial charge in [0.15, 0.2) is 0 Å². The van der Waals surface area contributed by atoms with Crippen LogP contribution < -0.4 is 16.4 Å². The number of benzene rings is 1. The first-order chi connectivity index (χ1) is 8.58. The van der Waals surface area contributed by atoms with Crippen molar-refractivity contribution in [1.82, 2.24) is 10.6 Å². The summed E-state index contributed by atoms with van der Waals surface area (Å²) in [6.07, 6.45) is 0.613. The van der Waals surface area contributed by atoms with Crippen molar-refractivity contribution in [2.45, 2.75) is 25.9 Å². The zero-order valence-corrected chi connectivity index (χ0v) is 10.7. The van der Waals surface area contributed by atoms with E-state index in [0.717, 1.165) is 5.56 Å². The molecule has 1 aromatic rings. The van der Waals surface area contributed by atoms with Gasteiger partial charge in [-0.25, -0.2) is 0 Å². The number of carbonyl (C=O) groups excluding carboxylic acids is 2. The molecule has 1 atom stereocenters. The largest absolute Gasteiger partial charge is 0.355 e. The number of nitrogens with one attached hydrogen (secondary N) is 2. The second-order valence-corrected chi connectivity index (χ2v) is 4.01. The molecule has 0 spiro atoms. The van der Waals surface area contributed by atoms with Crippen molar-refractivity contribution in [3.8, 4) is 0 Å². The van der Waals surface area contributed by atoms with Gasteiger partial charge in [0.25, 0.3) is 5.91 Å². The first kappa shape index (κ1) is 14.2. The Hall–Kier alpha value is -1.88. The number of hydrogen-bond donors (Lipinski definition) is 3. The summed E-state index contributed by atoms with van der Waals surface area (Å²) >= 11 is 0. The van der Waals surface area contributed by atoms with Crippen LogP contribution in [-0.2, 0) is 11.3 Å². The molecule has 0 saturated carbocycles. The highest BCUT2D eigenvalue weighted by Gasteiger charge is 2.10. The summed E-state index contributed by atoms with van der Waals surface area (Å²) in [6.45, 7) is 2.28. The minimum atomic E-state index is -0.463. The number of carbonyl (C=O) groups is 2. The SMILES string of the molecule is CCC(N)C(=O)NCc1ccc(C(=O)NC)cc1. The van der Waals surface area contributed by atoms with E-state index in [2.05, 4.69) is 10.6 Å². The van der Waals surface area contributed by atoms with Crippen molar-refractivity contribution in [2.75, 3.05) is 7.05 Å². The third-order valence-electron chi connectivity index (χ3n) is 2.69. The molecule has 5 nitrogen and oxygen atoms in total. The summed E-state index contributed by atoms with van der Waals surface area (Å²) in [4.78, 5) is 22.8. The van der Waals surface area contributed by atoms with Crippen molar-refractivity contribution < 1.29 is 9.59 Å². The normalized spacial score (nSPS) is 11.7. The molecule has 1 unspecified atom stereocenters. The summed E-state index contributed by atoms with van der Waals surface area (Å²) in [5.74, 6) is -0.286. The third-order valence-corrected chi connectivity index (χ3v) is 2.69. The molecule has 0 aliphatic rings. The fraction of sp³-hybridized carbons (Fsp3) is 0.385. The third kappa shape index (κ3) is 3.85. The Morgan fingerprint density at radius 3 is 2.39 bits per heavy atom. The first-order valence-electron chi connectivity index (χ1n) is 5.92. The zero-order valence-electron chi connectivity index (χ0n) is 10.7. The lowest BCUT2D eigenvalue weighted by atomic mass is 10.1. The Balaban J connectivity index is 2.54. The van der Waals surface area contributed by atoms with Crippen LogP contribution in [0.25, 0.3) is 0 Å². The molecule has 4 N–H and O–H groups in total. The number of rotatable bonds is 5. The molecule has 0 aromatic heterocycles. The van der Waals surface area contributed by atoms with Crippen LogP contribution in [0.15, 0.2) is 24.3 Å². The number of nitrogens with two attached hydrogens (primary N) is 1. The van der Waals surface area contributed by atoms with Crippen LogP contribution in [0.4, 0.5) is 0 Å². The van der Waals surface area contributed by atoms with E-state index in [1.54, 1.807) is 19.2 Å². The zero-order chi connectivity index (χ0) is 13.5. The van der Waals surface area contributed by atoms with E-state index in [0.29, 0.717) is 18.5 Å². The molecule has 0 heterocycles. The summed E-state index contributed by atoms with van der Waals surface area (Å²) in [5.41, 5.74) is 7.12. The minimum Gasteiger partial charge on any atom is -0.355 e. The summed E-state index contributed by atoms with van der Waals surface area (Å²) in [6, 6.07) is 6.60. The van der Waals surface area contributed by atoms with E-state index in [1.807, 2.05) is 19.1 Å². The minimum absolute atomic E-state index is 0.126.